The fourth-order valence-electron chi connectivity index (χ4n) is 2.30. The van der Waals surface area contributed by atoms with Crippen molar-refractivity contribution >= 4 is 23.1 Å². The molecule has 8 heteroatoms. The maximum Gasteiger partial charge on any atom is 0.340 e. The molecule has 25 heavy (non-hydrogen) atoms. The SMILES string of the molecule is Cn1cc(-c2nc(COC(=O)c3ccc(NC4CC4)nc3)cs2)cn1. The predicted molar refractivity (Wildman–Crippen MR) is 94.3 cm³/mol. The molecule has 7 nitrogen and oxygen atoms in total. The summed E-state index contributed by atoms with van der Waals surface area (Å²) in [5, 5.41) is 10.2. The molecule has 3 heterocycles. The van der Waals surface area contributed by atoms with Crippen LogP contribution in [0.3, 0.4) is 0 Å². The molecule has 1 aliphatic rings. The number of thiazole rings is 1. The van der Waals surface area contributed by atoms with Crippen molar-refractivity contribution in [1.29, 1.82) is 0 Å². The topological polar surface area (TPSA) is 81.9 Å². The molecule has 0 amide bonds. The monoisotopic (exact) mass is 355 g/mol. The van der Waals surface area contributed by atoms with Crippen LogP contribution in [0.4, 0.5) is 5.82 Å². The van der Waals surface area contributed by atoms with Crippen molar-refractivity contribution in [2.24, 2.45) is 7.05 Å². The molecule has 128 valence electrons. The number of carbonyl (C=O) groups is 1. The van der Waals surface area contributed by atoms with E-state index in [0.717, 1.165) is 22.1 Å². The van der Waals surface area contributed by atoms with Gasteiger partial charge in [0.05, 0.1) is 17.5 Å². The molecule has 0 aromatic carbocycles. The van der Waals surface area contributed by atoms with Gasteiger partial charge in [0.2, 0.25) is 0 Å². The van der Waals surface area contributed by atoms with Gasteiger partial charge in [-0.1, -0.05) is 0 Å². The Morgan fingerprint density at radius 2 is 2.28 bits per heavy atom. The van der Waals surface area contributed by atoms with E-state index in [9.17, 15) is 4.79 Å². The molecule has 0 atom stereocenters. The van der Waals surface area contributed by atoms with Gasteiger partial charge in [0.15, 0.2) is 0 Å². The average Bonchev–Trinajstić information content (AvgIpc) is 3.13. The largest absolute Gasteiger partial charge is 0.456 e. The molecule has 1 fully saturated rings. The van der Waals surface area contributed by atoms with E-state index in [-0.39, 0.29) is 6.61 Å². The Hall–Kier alpha value is -2.74. The minimum atomic E-state index is -0.401. The van der Waals surface area contributed by atoms with Crippen molar-refractivity contribution in [2.45, 2.75) is 25.5 Å². The zero-order chi connectivity index (χ0) is 17.2. The number of hydrogen-bond donors (Lipinski definition) is 1. The number of anilines is 1. The van der Waals surface area contributed by atoms with Gasteiger partial charge in [-0.2, -0.15) is 5.10 Å². The second-order valence-corrected chi connectivity index (χ2v) is 6.83. The Kier molecular flexibility index (Phi) is 4.19. The fourth-order valence-corrected chi connectivity index (χ4v) is 3.08. The Bertz CT molecular complexity index is 883. The number of hydrogen-bond acceptors (Lipinski definition) is 7. The number of nitrogens with one attached hydrogen (secondary N) is 1. The van der Waals surface area contributed by atoms with Crippen molar-refractivity contribution in [3.05, 3.63) is 47.4 Å². The Morgan fingerprint density at radius 3 is 2.96 bits per heavy atom. The summed E-state index contributed by atoms with van der Waals surface area (Å²) in [7, 11) is 1.86. The van der Waals surface area contributed by atoms with Crippen molar-refractivity contribution in [3.63, 3.8) is 0 Å². The number of aromatic nitrogens is 4. The van der Waals surface area contributed by atoms with E-state index in [2.05, 4.69) is 20.4 Å². The minimum Gasteiger partial charge on any atom is -0.456 e. The van der Waals surface area contributed by atoms with Gasteiger partial charge in [-0.05, 0) is 25.0 Å². The van der Waals surface area contributed by atoms with Crippen LogP contribution in [0.15, 0.2) is 36.1 Å². The molecule has 3 aromatic heterocycles. The van der Waals surface area contributed by atoms with Crippen LogP contribution >= 0.6 is 11.3 Å². The highest BCUT2D eigenvalue weighted by molar-refractivity contribution is 7.13. The normalized spacial score (nSPS) is 13.6. The zero-order valence-electron chi connectivity index (χ0n) is 13.7. The first-order chi connectivity index (χ1) is 12.2. The maximum absolute atomic E-state index is 12.1. The third-order valence-electron chi connectivity index (χ3n) is 3.78. The number of aryl methyl sites for hydroxylation is 1. The van der Waals surface area contributed by atoms with Crippen LogP contribution in [0.2, 0.25) is 0 Å². The standard InChI is InChI=1S/C17H17N5O2S/c1-22-8-12(7-19-22)16-21-14(10-25-16)9-24-17(23)11-2-5-15(18-6-11)20-13-3-4-13/h2,5-8,10,13H,3-4,9H2,1H3,(H,18,20). The second kappa shape index (κ2) is 6.64. The molecule has 0 spiro atoms. The molecule has 0 bridgehead atoms. The molecule has 3 aromatic rings. The Balaban J connectivity index is 1.34. The van der Waals surface area contributed by atoms with Gasteiger partial charge < -0.3 is 10.1 Å². The molecular formula is C17H17N5O2S. The van der Waals surface area contributed by atoms with E-state index in [1.807, 2.05) is 18.6 Å². The smallest absolute Gasteiger partial charge is 0.340 e. The van der Waals surface area contributed by atoms with Crippen LogP contribution < -0.4 is 5.32 Å². The summed E-state index contributed by atoms with van der Waals surface area (Å²) < 4.78 is 7.05. The van der Waals surface area contributed by atoms with E-state index in [1.165, 1.54) is 30.4 Å². The number of carbonyl (C=O) groups excluding carboxylic acids is 1. The van der Waals surface area contributed by atoms with E-state index in [0.29, 0.717) is 11.6 Å². The number of nitrogens with zero attached hydrogens (tertiary/aromatic N) is 4. The summed E-state index contributed by atoms with van der Waals surface area (Å²) in [6.45, 7) is 0.137. The molecule has 4 rings (SSSR count). The van der Waals surface area contributed by atoms with Crippen molar-refractivity contribution in [3.8, 4) is 10.6 Å². The first-order valence-electron chi connectivity index (χ1n) is 8.00. The average molecular weight is 355 g/mol. The van der Waals surface area contributed by atoms with E-state index < -0.39 is 5.97 Å². The lowest BCUT2D eigenvalue weighted by atomic mass is 10.3. The molecular weight excluding hydrogens is 338 g/mol. The summed E-state index contributed by atoms with van der Waals surface area (Å²) in [5.41, 5.74) is 2.11. The van der Waals surface area contributed by atoms with Crippen molar-refractivity contribution in [2.75, 3.05) is 5.32 Å². The van der Waals surface area contributed by atoms with Crippen molar-refractivity contribution in [1.82, 2.24) is 19.7 Å². The molecule has 0 aliphatic heterocycles. The van der Waals surface area contributed by atoms with Crippen LogP contribution in [0.1, 0.15) is 28.9 Å². The molecule has 1 aliphatic carbocycles. The lowest BCUT2D eigenvalue weighted by Crippen LogP contribution is -2.07. The molecule has 0 saturated heterocycles. The van der Waals surface area contributed by atoms with Crippen LogP contribution in [-0.2, 0) is 18.4 Å². The summed E-state index contributed by atoms with van der Waals surface area (Å²) in [6, 6.07) is 4.06. The van der Waals surface area contributed by atoms with Crippen LogP contribution in [0.25, 0.3) is 10.6 Å². The first-order valence-corrected chi connectivity index (χ1v) is 8.88. The lowest BCUT2D eigenvalue weighted by molar-refractivity contribution is 0.0468. The molecule has 1 saturated carbocycles. The summed E-state index contributed by atoms with van der Waals surface area (Å²) in [4.78, 5) is 20.8. The summed E-state index contributed by atoms with van der Waals surface area (Å²) in [6.07, 6.45) is 7.56. The Morgan fingerprint density at radius 1 is 1.40 bits per heavy atom. The highest BCUT2D eigenvalue weighted by Gasteiger charge is 2.21. The van der Waals surface area contributed by atoms with Crippen LogP contribution in [-0.4, -0.2) is 31.8 Å². The molecule has 0 radical (unpaired) electrons. The van der Waals surface area contributed by atoms with Gasteiger partial charge in [0.25, 0.3) is 0 Å². The maximum atomic E-state index is 12.1. The molecule has 1 N–H and O–H groups in total. The third kappa shape index (κ3) is 3.85. The van der Waals surface area contributed by atoms with Gasteiger partial charge in [-0.3, -0.25) is 4.68 Å². The summed E-state index contributed by atoms with van der Waals surface area (Å²) >= 11 is 1.50. The van der Waals surface area contributed by atoms with Gasteiger partial charge in [-0.25, -0.2) is 14.8 Å². The second-order valence-electron chi connectivity index (χ2n) is 5.97. The number of ether oxygens (including phenoxy) is 1. The minimum absolute atomic E-state index is 0.137. The van der Waals surface area contributed by atoms with Crippen molar-refractivity contribution < 1.29 is 9.53 Å². The quantitative estimate of drug-likeness (QED) is 0.685. The number of pyridine rings is 1. The lowest BCUT2D eigenvalue weighted by Gasteiger charge is -2.05. The van der Waals surface area contributed by atoms with E-state index >= 15 is 0 Å². The predicted octanol–water partition coefficient (Wildman–Crippen LogP) is 2.87. The number of rotatable bonds is 6. The van der Waals surface area contributed by atoms with Gasteiger partial charge in [-0.15, -0.1) is 11.3 Å². The molecule has 0 unspecified atom stereocenters. The first kappa shape index (κ1) is 15.8. The van der Waals surface area contributed by atoms with Gasteiger partial charge >= 0.3 is 5.97 Å². The van der Waals surface area contributed by atoms with Gasteiger partial charge in [0.1, 0.15) is 17.4 Å². The highest BCUT2D eigenvalue weighted by atomic mass is 32.1. The Labute approximate surface area is 148 Å². The fraction of sp³-hybridized carbons (Fsp3) is 0.294. The number of esters is 1. The highest BCUT2D eigenvalue weighted by Crippen LogP contribution is 2.24. The summed E-state index contributed by atoms with van der Waals surface area (Å²) in [5.74, 6) is 0.390. The van der Waals surface area contributed by atoms with Crippen LogP contribution in [0, 0.1) is 0 Å². The van der Waals surface area contributed by atoms with E-state index in [1.54, 1.807) is 23.0 Å². The van der Waals surface area contributed by atoms with E-state index in [4.69, 9.17) is 4.74 Å². The van der Waals surface area contributed by atoms with Gasteiger partial charge in [0, 0.05) is 36.4 Å². The third-order valence-corrected chi connectivity index (χ3v) is 4.72. The van der Waals surface area contributed by atoms with Crippen LogP contribution in [0.5, 0.6) is 0 Å². The zero-order valence-corrected chi connectivity index (χ0v) is 14.5.